The van der Waals surface area contributed by atoms with Crippen molar-refractivity contribution in [2.75, 3.05) is 26.4 Å². The second kappa shape index (κ2) is 9.46. The van der Waals surface area contributed by atoms with Crippen LogP contribution in [-0.4, -0.2) is 54.5 Å². The Morgan fingerprint density at radius 3 is 1.67 bits per heavy atom. The van der Waals surface area contributed by atoms with Gasteiger partial charge in [0, 0.05) is 0 Å². The van der Waals surface area contributed by atoms with E-state index < -0.39 is 37.0 Å². The molecule has 0 fully saturated rings. The van der Waals surface area contributed by atoms with Gasteiger partial charge in [0.05, 0.1) is 26.4 Å². The summed E-state index contributed by atoms with van der Waals surface area (Å²) < 4.78 is 47.9. The van der Waals surface area contributed by atoms with Crippen molar-refractivity contribution in [2.24, 2.45) is 0 Å². The summed E-state index contributed by atoms with van der Waals surface area (Å²) in [7, 11) is -4.93. The maximum Gasteiger partial charge on any atom is 0.383 e. The normalized spacial score (nSPS) is 16.8. The summed E-state index contributed by atoms with van der Waals surface area (Å²) >= 11 is 0. The van der Waals surface area contributed by atoms with Gasteiger partial charge >= 0.3 is 24.9 Å². The molecule has 0 aromatic rings. The first kappa shape index (κ1) is 23.0. The van der Waals surface area contributed by atoms with Gasteiger partial charge in [0.25, 0.3) is 0 Å². The maximum absolute atomic E-state index is 15.9. The summed E-state index contributed by atoms with van der Waals surface area (Å²) in [4.78, 5) is 24.4. The van der Waals surface area contributed by atoms with Crippen LogP contribution in [0.3, 0.4) is 0 Å². The number of alkyl halides is 1. The molecule has 0 spiro atoms. The molecule has 8 nitrogen and oxygen atoms in total. The first-order valence-corrected chi connectivity index (χ1v) is 9.34. The minimum atomic E-state index is -4.93. The lowest BCUT2D eigenvalue weighted by Crippen LogP contribution is -2.62. The Kier molecular flexibility index (Phi) is 9.06. The van der Waals surface area contributed by atoms with Gasteiger partial charge in [-0.2, -0.15) is 0 Å². The van der Waals surface area contributed by atoms with Crippen LogP contribution in [-0.2, 0) is 32.7 Å². The largest absolute Gasteiger partial charge is 0.464 e. The van der Waals surface area contributed by atoms with Crippen LogP contribution in [0.2, 0.25) is 0 Å². The molecule has 0 aliphatic carbocycles. The van der Waals surface area contributed by atoms with Crippen molar-refractivity contribution in [3.8, 4) is 0 Å². The average Bonchev–Trinajstić information content (AvgIpc) is 2.53. The first-order chi connectivity index (χ1) is 11.1. The quantitative estimate of drug-likeness (QED) is 0.434. The Balaban J connectivity index is 6.46. The number of hydrogen-bond acceptors (Lipinski definition) is 8. The van der Waals surface area contributed by atoms with Crippen LogP contribution in [0.4, 0.5) is 4.39 Å². The molecule has 24 heavy (non-hydrogen) atoms. The van der Waals surface area contributed by atoms with Gasteiger partial charge in [0.15, 0.2) is 0 Å². The molecule has 1 N–H and O–H groups in total. The van der Waals surface area contributed by atoms with E-state index in [1.807, 2.05) is 0 Å². The molecule has 0 saturated heterocycles. The van der Waals surface area contributed by atoms with E-state index in [0.29, 0.717) is 0 Å². The summed E-state index contributed by atoms with van der Waals surface area (Å²) in [5.74, 6) is -3.17. The standard InChI is InChI=1S/C14H26FO8P/c1-6-13(18,11(16)20-7-2)14(15,12(17)21-8-3)24(19,22-9-4)23-10-5/h18H,6-10H2,1-5H3. The fourth-order valence-electron chi connectivity index (χ4n) is 2.05. The Labute approximate surface area is 141 Å². The van der Waals surface area contributed by atoms with E-state index >= 15 is 4.39 Å². The second-order valence-corrected chi connectivity index (χ2v) is 6.74. The van der Waals surface area contributed by atoms with Crippen LogP contribution < -0.4 is 0 Å². The number of hydrogen-bond donors (Lipinski definition) is 1. The van der Waals surface area contributed by atoms with E-state index in [-0.39, 0.29) is 26.4 Å². The third kappa shape index (κ3) is 3.96. The highest BCUT2D eigenvalue weighted by Crippen LogP contribution is 2.66. The predicted molar refractivity (Wildman–Crippen MR) is 83.2 cm³/mol. The van der Waals surface area contributed by atoms with Crippen molar-refractivity contribution in [3.63, 3.8) is 0 Å². The summed E-state index contributed by atoms with van der Waals surface area (Å²) in [5, 5.41) is 6.87. The minimum Gasteiger partial charge on any atom is -0.464 e. The van der Waals surface area contributed by atoms with E-state index in [9.17, 15) is 19.3 Å². The fourth-order valence-corrected chi connectivity index (χ4v) is 4.15. The Bertz CT molecular complexity index is 475. The molecule has 2 unspecified atom stereocenters. The summed E-state index contributed by atoms with van der Waals surface area (Å²) in [6.45, 7) is 5.81. The number of halogens is 1. The van der Waals surface area contributed by atoms with Crippen molar-refractivity contribution < 1.29 is 42.2 Å². The van der Waals surface area contributed by atoms with Gasteiger partial charge in [-0.25, -0.2) is 14.0 Å². The summed E-state index contributed by atoms with van der Waals surface area (Å²) in [6.07, 6.45) is -0.620. The summed E-state index contributed by atoms with van der Waals surface area (Å²) in [6, 6.07) is 0. The molecule has 142 valence electrons. The number of rotatable bonds is 11. The van der Waals surface area contributed by atoms with Gasteiger partial charge in [-0.15, -0.1) is 0 Å². The number of esters is 2. The lowest BCUT2D eigenvalue weighted by Gasteiger charge is -2.39. The molecule has 0 aliphatic rings. The molecule has 0 saturated carbocycles. The zero-order valence-electron chi connectivity index (χ0n) is 14.7. The molecule has 0 radical (unpaired) electrons. The summed E-state index contributed by atoms with van der Waals surface area (Å²) in [5.41, 5.74) is -3.10. The zero-order chi connectivity index (χ0) is 19.0. The molecule has 0 bridgehead atoms. The molecule has 0 amide bonds. The molecule has 0 aliphatic heterocycles. The van der Waals surface area contributed by atoms with Crippen molar-refractivity contribution >= 4 is 19.5 Å². The topological polar surface area (TPSA) is 108 Å². The van der Waals surface area contributed by atoms with Crippen LogP contribution in [0, 0.1) is 0 Å². The molecule has 0 heterocycles. The van der Waals surface area contributed by atoms with Crippen LogP contribution in [0.1, 0.15) is 41.0 Å². The van der Waals surface area contributed by atoms with Gasteiger partial charge < -0.3 is 23.6 Å². The molecule has 0 aromatic heterocycles. The van der Waals surface area contributed by atoms with E-state index in [0.717, 1.165) is 0 Å². The van der Waals surface area contributed by atoms with Gasteiger partial charge in [-0.1, -0.05) is 6.92 Å². The minimum absolute atomic E-state index is 0.187. The maximum atomic E-state index is 15.9. The molecule has 0 rings (SSSR count). The molecule has 0 aromatic carbocycles. The van der Waals surface area contributed by atoms with Crippen LogP contribution in [0.25, 0.3) is 0 Å². The van der Waals surface area contributed by atoms with Crippen molar-refractivity contribution in [2.45, 2.75) is 52.1 Å². The van der Waals surface area contributed by atoms with Gasteiger partial charge in [-0.05, 0) is 34.1 Å². The van der Waals surface area contributed by atoms with E-state index in [4.69, 9.17) is 9.05 Å². The van der Waals surface area contributed by atoms with E-state index in [1.165, 1.54) is 34.6 Å². The lowest BCUT2D eigenvalue weighted by atomic mass is 9.94. The zero-order valence-corrected chi connectivity index (χ0v) is 15.6. The van der Waals surface area contributed by atoms with Gasteiger partial charge in [-0.3, -0.25) is 4.57 Å². The Morgan fingerprint density at radius 2 is 1.33 bits per heavy atom. The average molecular weight is 372 g/mol. The van der Waals surface area contributed by atoms with Crippen LogP contribution in [0.5, 0.6) is 0 Å². The third-order valence-corrected chi connectivity index (χ3v) is 5.70. The van der Waals surface area contributed by atoms with E-state index in [2.05, 4.69) is 9.47 Å². The van der Waals surface area contributed by atoms with Crippen molar-refractivity contribution in [1.29, 1.82) is 0 Å². The van der Waals surface area contributed by atoms with Crippen molar-refractivity contribution in [3.05, 3.63) is 0 Å². The molecular weight excluding hydrogens is 346 g/mol. The van der Waals surface area contributed by atoms with Gasteiger partial charge in [0.1, 0.15) is 0 Å². The SMILES string of the molecule is CCOC(=O)C(O)(CC)C(F)(C(=O)OCC)P(=O)(OCC)OCC. The molecular formula is C14H26FO8P. The second-order valence-electron chi connectivity index (χ2n) is 4.61. The number of ether oxygens (including phenoxy) is 2. The van der Waals surface area contributed by atoms with E-state index in [1.54, 1.807) is 0 Å². The predicted octanol–water partition coefficient (Wildman–Crippen LogP) is 2.19. The van der Waals surface area contributed by atoms with Crippen molar-refractivity contribution in [1.82, 2.24) is 0 Å². The Morgan fingerprint density at radius 1 is 0.917 bits per heavy atom. The van der Waals surface area contributed by atoms with Crippen LogP contribution in [0.15, 0.2) is 0 Å². The highest BCUT2D eigenvalue weighted by molar-refractivity contribution is 7.56. The highest BCUT2D eigenvalue weighted by Gasteiger charge is 2.74. The number of carbonyl (C=O) groups is 2. The first-order valence-electron chi connectivity index (χ1n) is 7.79. The van der Waals surface area contributed by atoms with Gasteiger partial charge in [0.2, 0.25) is 5.60 Å². The Hall–Kier alpha value is -1.02. The highest BCUT2D eigenvalue weighted by atomic mass is 31.2. The smallest absolute Gasteiger partial charge is 0.383 e. The number of carbonyl (C=O) groups excluding carboxylic acids is 2. The number of aliphatic hydroxyl groups is 1. The fraction of sp³-hybridized carbons (Fsp3) is 0.857. The molecule has 2 atom stereocenters. The lowest BCUT2D eigenvalue weighted by molar-refractivity contribution is -0.191. The third-order valence-electron chi connectivity index (χ3n) is 3.19. The van der Waals surface area contributed by atoms with Crippen LogP contribution >= 0.6 is 7.60 Å². The molecule has 10 heteroatoms. The monoisotopic (exact) mass is 372 g/mol.